The van der Waals surface area contributed by atoms with Crippen molar-refractivity contribution >= 4 is 5.97 Å². The van der Waals surface area contributed by atoms with Gasteiger partial charge in [0.05, 0.1) is 13.0 Å². The van der Waals surface area contributed by atoms with Gasteiger partial charge in [0.2, 0.25) is 0 Å². The first kappa shape index (κ1) is 15.4. The summed E-state index contributed by atoms with van der Waals surface area (Å²) in [5.41, 5.74) is -0.395. The maximum atomic E-state index is 11.4. The van der Waals surface area contributed by atoms with E-state index in [4.69, 9.17) is 9.47 Å². The van der Waals surface area contributed by atoms with Gasteiger partial charge in [-0.05, 0) is 27.2 Å². The van der Waals surface area contributed by atoms with Crippen LogP contribution in [0.1, 0.15) is 40.5 Å². The molecule has 0 bridgehead atoms. The lowest BCUT2D eigenvalue weighted by atomic mass is 10.2. The molecule has 0 heterocycles. The van der Waals surface area contributed by atoms with Crippen molar-refractivity contribution in [2.24, 2.45) is 0 Å². The number of hydrogen-bond donors (Lipinski definition) is 1. The number of hydrogen-bond acceptors (Lipinski definition) is 4. The lowest BCUT2D eigenvalue weighted by Crippen LogP contribution is -2.35. The Bertz CT molecular complexity index is 199. The third-order valence-electron chi connectivity index (χ3n) is 2.04. The van der Waals surface area contributed by atoms with Gasteiger partial charge in [-0.15, -0.1) is 0 Å². The summed E-state index contributed by atoms with van der Waals surface area (Å²) in [6.07, 6.45) is 1.39. The van der Waals surface area contributed by atoms with Crippen molar-refractivity contribution in [2.75, 3.05) is 20.3 Å². The van der Waals surface area contributed by atoms with Crippen LogP contribution in [0.25, 0.3) is 0 Å². The van der Waals surface area contributed by atoms with E-state index < -0.39 is 5.60 Å². The fourth-order valence-electron chi connectivity index (χ4n) is 1.29. The molecular formula is C12H25NO3. The molecule has 1 atom stereocenters. The molecule has 1 N–H and O–H groups in total. The molecule has 0 fully saturated rings. The Labute approximate surface area is 98.7 Å². The Morgan fingerprint density at radius 3 is 2.44 bits per heavy atom. The van der Waals surface area contributed by atoms with Crippen molar-refractivity contribution in [1.29, 1.82) is 0 Å². The molecule has 0 aromatic carbocycles. The highest BCUT2D eigenvalue weighted by molar-refractivity contribution is 5.70. The van der Waals surface area contributed by atoms with Crippen molar-refractivity contribution < 1.29 is 14.3 Å². The zero-order chi connectivity index (χ0) is 12.6. The van der Waals surface area contributed by atoms with E-state index in [2.05, 4.69) is 12.2 Å². The number of carbonyl (C=O) groups excluding carboxylic acids is 1. The fraction of sp³-hybridized carbons (Fsp3) is 0.917. The van der Waals surface area contributed by atoms with Gasteiger partial charge < -0.3 is 14.8 Å². The monoisotopic (exact) mass is 231 g/mol. The summed E-state index contributed by atoms with van der Waals surface area (Å²) in [6.45, 7) is 9.01. The van der Waals surface area contributed by atoms with Gasteiger partial charge in [-0.1, -0.05) is 6.92 Å². The topological polar surface area (TPSA) is 47.6 Å². The molecule has 0 rings (SSSR count). The van der Waals surface area contributed by atoms with Crippen LogP contribution in [0.3, 0.4) is 0 Å². The predicted molar refractivity (Wildman–Crippen MR) is 64.4 cm³/mol. The molecular weight excluding hydrogens is 206 g/mol. The number of rotatable bonds is 7. The average Bonchev–Trinajstić information content (AvgIpc) is 2.13. The molecule has 4 nitrogen and oxygen atoms in total. The summed E-state index contributed by atoms with van der Waals surface area (Å²) in [5, 5.41) is 3.26. The zero-order valence-corrected chi connectivity index (χ0v) is 11.1. The van der Waals surface area contributed by atoms with E-state index in [9.17, 15) is 4.79 Å². The standard InChI is InChI=1S/C12H25NO3/c1-6-10(9-15-5)13-8-7-11(14)16-12(2,3)4/h10,13H,6-9H2,1-5H3. The van der Waals surface area contributed by atoms with E-state index in [1.165, 1.54) is 0 Å². The Morgan fingerprint density at radius 2 is 2.00 bits per heavy atom. The molecule has 0 aliphatic carbocycles. The van der Waals surface area contributed by atoms with Crippen LogP contribution in [0.2, 0.25) is 0 Å². The van der Waals surface area contributed by atoms with Gasteiger partial charge in [0.25, 0.3) is 0 Å². The highest BCUT2D eigenvalue weighted by atomic mass is 16.6. The summed E-state index contributed by atoms with van der Waals surface area (Å²) >= 11 is 0. The van der Waals surface area contributed by atoms with E-state index in [1.54, 1.807) is 7.11 Å². The Kier molecular flexibility index (Phi) is 7.34. The molecule has 0 radical (unpaired) electrons. The number of carbonyl (C=O) groups is 1. The number of nitrogens with one attached hydrogen (secondary N) is 1. The van der Waals surface area contributed by atoms with Crippen molar-refractivity contribution in [3.8, 4) is 0 Å². The van der Waals surface area contributed by atoms with Crippen LogP contribution in [0.15, 0.2) is 0 Å². The van der Waals surface area contributed by atoms with E-state index in [0.717, 1.165) is 6.42 Å². The van der Waals surface area contributed by atoms with Crippen molar-refractivity contribution in [3.63, 3.8) is 0 Å². The van der Waals surface area contributed by atoms with Crippen LogP contribution in [0.4, 0.5) is 0 Å². The highest BCUT2D eigenvalue weighted by Gasteiger charge is 2.16. The van der Waals surface area contributed by atoms with Crippen LogP contribution in [-0.2, 0) is 14.3 Å². The quantitative estimate of drug-likeness (QED) is 0.678. The maximum Gasteiger partial charge on any atom is 0.307 e. The fourth-order valence-corrected chi connectivity index (χ4v) is 1.29. The normalized spacial score (nSPS) is 13.6. The second kappa shape index (κ2) is 7.63. The van der Waals surface area contributed by atoms with Crippen molar-refractivity contribution in [2.45, 2.75) is 52.2 Å². The third kappa shape index (κ3) is 8.68. The molecule has 4 heteroatoms. The van der Waals surface area contributed by atoms with Crippen LogP contribution in [0, 0.1) is 0 Å². The highest BCUT2D eigenvalue weighted by Crippen LogP contribution is 2.07. The van der Waals surface area contributed by atoms with E-state index in [0.29, 0.717) is 25.6 Å². The maximum absolute atomic E-state index is 11.4. The molecule has 0 aromatic heterocycles. The molecule has 0 aromatic rings. The summed E-state index contributed by atoms with van der Waals surface area (Å²) < 4.78 is 10.3. The molecule has 0 saturated carbocycles. The molecule has 96 valence electrons. The predicted octanol–water partition coefficient (Wildman–Crippen LogP) is 1.73. The lowest BCUT2D eigenvalue weighted by molar-refractivity contribution is -0.154. The summed E-state index contributed by atoms with van der Waals surface area (Å²) in [6, 6.07) is 0.312. The summed E-state index contributed by atoms with van der Waals surface area (Å²) in [4.78, 5) is 11.4. The molecule has 0 amide bonds. The molecule has 0 aliphatic heterocycles. The Morgan fingerprint density at radius 1 is 1.38 bits per heavy atom. The first-order chi connectivity index (χ1) is 7.39. The first-order valence-electron chi connectivity index (χ1n) is 5.83. The molecule has 1 unspecified atom stereocenters. The lowest BCUT2D eigenvalue weighted by Gasteiger charge is -2.20. The molecule has 16 heavy (non-hydrogen) atoms. The SMILES string of the molecule is CCC(COC)NCCC(=O)OC(C)(C)C. The second-order valence-electron chi connectivity index (χ2n) is 4.85. The Balaban J connectivity index is 3.68. The van der Waals surface area contributed by atoms with Crippen LogP contribution in [0.5, 0.6) is 0 Å². The summed E-state index contributed by atoms with van der Waals surface area (Å²) in [5.74, 6) is -0.160. The van der Waals surface area contributed by atoms with Crippen molar-refractivity contribution in [1.82, 2.24) is 5.32 Å². The second-order valence-corrected chi connectivity index (χ2v) is 4.85. The minimum Gasteiger partial charge on any atom is -0.460 e. The van der Waals surface area contributed by atoms with Gasteiger partial charge in [-0.3, -0.25) is 4.79 Å². The van der Waals surface area contributed by atoms with Gasteiger partial charge in [-0.25, -0.2) is 0 Å². The van der Waals surface area contributed by atoms with E-state index in [1.807, 2.05) is 20.8 Å². The van der Waals surface area contributed by atoms with Crippen LogP contribution < -0.4 is 5.32 Å². The Hall–Kier alpha value is -0.610. The van der Waals surface area contributed by atoms with Gasteiger partial charge in [0, 0.05) is 19.7 Å². The molecule has 0 saturated heterocycles. The third-order valence-corrected chi connectivity index (χ3v) is 2.04. The summed E-state index contributed by atoms with van der Waals surface area (Å²) in [7, 11) is 1.68. The average molecular weight is 231 g/mol. The van der Waals surface area contributed by atoms with Crippen molar-refractivity contribution in [3.05, 3.63) is 0 Å². The van der Waals surface area contributed by atoms with Gasteiger partial charge in [-0.2, -0.15) is 0 Å². The van der Waals surface area contributed by atoms with Gasteiger partial charge >= 0.3 is 5.97 Å². The van der Waals surface area contributed by atoms with Gasteiger partial charge in [0.15, 0.2) is 0 Å². The molecule has 0 aliphatic rings. The minimum atomic E-state index is -0.395. The smallest absolute Gasteiger partial charge is 0.307 e. The zero-order valence-electron chi connectivity index (χ0n) is 11.1. The van der Waals surface area contributed by atoms with Crippen LogP contribution >= 0.6 is 0 Å². The largest absolute Gasteiger partial charge is 0.460 e. The number of ether oxygens (including phenoxy) is 2. The molecule has 0 spiro atoms. The first-order valence-corrected chi connectivity index (χ1v) is 5.83. The number of esters is 1. The van der Waals surface area contributed by atoms with E-state index in [-0.39, 0.29) is 5.97 Å². The minimum absolute atomic E-state index is 0.160. The van der Waals surface area contributed by atoms with Crippen LogP contribution in [-0.4, -0.2) is 37.9 Å². The number of methoxy groups -OCH3 is 1. The van der Waals surface area contributed by atoms with E-state index >= 15 is 0 Å². The van der Waals surface area contributed by atoms with Gasteiger partial charge in [0.1, 0.15) is 5.60 Å².